The Labute approximate surface area is 99.7 Å². The molecule has 18 heavy (non-hydrogen) atoms. The molecule has 0 fully saturated rings. The first-order valence-electron chi connectivity index (χ1n) is 4.71. The lowest BCUT2D eigenvalue weighted by Crippen LogP contribution is -2.20. The van der Waals surface area contributed by atoms with Crippen LogP contribution in [0.5, 0.6) is 11.5 Å². The fraction of sp³-hybridized carbons (Fsp3) is 0.400. The zero-order valence-corrected chi connectivity index (χ0v) is 9.46. The van der Waals surface area contributed by atoms with Gasteiger partial charge >= 0.3 is 13.0 Å². The van der Waals surface area contributed by atoms with Gasteiger partial charge in [-0.3, -0.25) is 0 Å². The van der Waals surface area contributed by atoms with E-state index >= 15 is 0 Å². The van der Waals surface area contributed by atoms with Crippen LogP contribution in [0.4, 0.5) is 27.6 Å². The first kappa shape index (κ1) is 14.3. The Hall–Kier alpha value is -1.73. The van der Waals surface area contributed by atoms with E-state index in [9.17, 15) is 22.0 Å². The van der Waals surface area contributed by atoms with E-state index in [4.69, 9.17) is 0 Å². The first-order chi connectivity index (χ1) is 8.19. The topological polar surface area (TPSA) is 21.7 Å². The van der Waals surface area contributed by atoms with Gasteiger partial charge in [-0.05, 0) is 12.1 Å². The maximum atomic E-state index is 12.1. The third kappa shape index (κ3) is 4.27. The lowest BCUT2D eigenvalue weighted by molar-refractivity contribution is -0.274. The molecule has 0 aliphatic rings. The highest BCUT2D eigenvalue weighted by Crippen LogP contribution is 2.35. The van der Waals surface area contributed by atoms with Gasteiger partial charge in [0.1, 0.15) is 5.75 Å². The Morgan fingerprint density at radius 2 is 1.78 bits per heavy atom. The highest BCUT2D eigenvalue weighted by molar-refractivity contribution is 5.60. The standard InChI is InChI=1S/C10H10F5NO2/c1-16(2)7-5-6(17-9(11)12)3-4-8(7)18-10(13,14)15/h3-5,9H,1-2H3. The van der Waals surface area contributed by atoms with Crippen LogP contribution in [0.15, 0.2) is 18.2 Å². The summed E-state index contributed by atoms with van der Waals surface area (Å²) < 4.78 is 68.1. The summed E-state index contributed by atoms with van der Waals surface area (Å²) in [6.45, 7) is -3.05. The average molecular weight is 271 g/mol. The third-order valence-corrected chi connectivity index (χ3v) is 1.86. The van der Waals surface area contributed by atoms with Crippen LogP contribution in [0.1, 0.15) is 0 Å². The minimum Gasteiger partial charge on any atom is -0.435 e. The van der Waals surface area contributed by atoms with Gasteiger partial charge in [-0.1, -0.05) is 0 Å². The van der Waals surface area contributed by atoms with Gasteiger partial charge in [-0.25, -0.2) is 0 Å². The van der Waals surface area contributed by atoms with Gasteiger partial charge in [0.05, 0.1) is 5.69 Å². The molecule has 0 radical (unpaired) electrons. The zero-order valence-electron chi connectivity index (χ0n) is 9.46. The normalized spacial score (nSPS) is 11.6. The van der Waals surface area contributed by atoms with E-state index in [1.807, 2.05) is 0 Å². The van der Waals surface area contributed by atoms with Gasteiger partial charge in [-0.2, -0.15) is 8.78 Å². The maximum Gasteiger partial charge on any atom is 0.573 e. The number of nitrogens with zero attached hydrogens (tertiary/aromatic N) is 1. The van der Waals surface area contributed by atoms with Crippen molar-refractivity contribution in [2.45, 2.75) is 13.0 Å². The molecule has 0 heterocycles. The van der Waals surface area contributed by atoms with E-state index in [-0.39, 0.29) is 11.4 Å². The highest BCUT2D eigenvalue weighted by atomic mass is 19.4. The zero-order chi connectivity index (χ0) is 13.9. The Morgan fingerprint density at radius 3 is 2.22 bits per heavy atom. The van der Waals surface area contributed by atoms with E-state index < -0.39 is 18.7 Å². The summed E-state index contributed by atoms with van der Waals surface area (Å²) in [5, 5.41) is 0. The Kier molecular flexibility index (Phi) is 4.20. The Bertz CT molecular complexity index is 406. The van der Waals surface area contributed by atoms with Crippen LogP contribution in [0.25, 0.3) is 0 Å². The van der Waals surface area contributed by atoms with E-state index in [1.54, 1.807) is 0 Å². The van der Waals surface area contributed by atoms with Crippen molar-refractivity contribution < 1.29 is 31.4 Å². The Morgan fingerprint density at radius 1 is 1.17 bits per heavy atom. The molecule has 3 nitrogen and oxygen atoms in total. The highest BCUT2D eigenvalue weighted by Gasteiger charge is 2.32. The minimum atomic E-state index is -4.85. The number of hydrogen-bond donors (Lipinski definition) is 0. The van der Waals surface area contributed by atoms with Crippen LogP contribution < -0.4 is 14.4 Å². The predicted octanol–water partition coefficient (Wildman–Crippen LogP) is 3.25. The first-order valence-corrected chi connectivity index (χ1v) is 4.71. The van der Waals surface area contributed by atoms with Crippen molar-refractivity contribution in [1.82, 2.24) is 0 Å². The number of ether oxygens (including phenoxy) is 2. The molecule has 0 aliphatic heterocycles. The molecular formula is C10H10F5NO2. The van der Waals surface area contributed by atoms with E-state index in [0.717, 1.165) is 18.2 Å². The van der Waals surface area contributed by atoms with Gasteiger partial charge in [0.15, 0.2) is 5.75 Å². The van der Waals surface area contributed by atoms with Crippen molar-refractivity contribution in [1.29, 1.82) is 0 Å². The quantitative estimate of drug-likeness (QED) is 0.785. The van der Waals surface area contributed by atoms with Crippen LogP contribution in [-0.2, 0) is 0 Å². The lowest BCUT2D eigenvalue weighted by atomic mass is 10.2. The van der Waals surface area contributed by atoms with Gasteiger partial charge in [0, 0.05) is 20.2 Å². The molecule has 0 atom stereocenters. The van der Waals surface area contributed by atoms with E-state index in [2.05, 4.69) is 9.47 Å². The summed E-state index contributed by atoms with van der Waals surface area (Å²) >= 11 is 0. The molecule has 0 unspecified atom stereocenters. The second-order valence-electron chi connectivity index (χ2n) is 3.45. The molecule has 8 heteroatoms. The number of hydrogen-bond acceptors (Lipinski definition) is 3. The molecule has 0 amide bonds. The van der Waals surface area contributed by atoms with E-state index in [0.29, 0.717) is 0 Å². The second kappa shape index (κ2) is 5.28. The smallest absolute Gasteiger partial charge is 0.435 e. The average Bonchev–Trinajstić information content (AvgIpc) is 2.17. The molecule has 1 aromatic rings. The molecule has 0 spiro atoms. The molecule has 0 saturated heterocycles. The van der Waals surface area contributed by atoms with Gasteiger partial charge in [-0.15, -0.1) is 13.2 Å². The Balaban J connectivity index is 3.05. The van der Waals surface area contributed by atoms with Crippen molar-refractivity contribution in [3.63, 3.8) is 0 Å². The number of rotatable bonds is 4. The third-order valence-electron chi connectivity index (χ3n) is 1.86. The lowest BCUT2D eigenvalue weighted by Gasteiger charge is -2.19. The summed E-state index contributed by atoms with van der Waals surface area (Å²) in [5.74, 6) is -0.739. The van der Waals surface area contributed by atoms with Gasteiger partial charge in [0.25, 0.3) is 0 Å². The largest absolute Gasteiger partial charge is 0.573 e. The molecular weight excluding hydrogens is 261 g/mol. The summed E-state index contributed by atoms with van der Waals surface area (Å²) in [5.41, 5.74) is -0.0227. The minimum absolute atomic E-state index is 0.0227. The van der Waals surface area contributed by atoms with Crippen molar-refractivity contribution >= 4 is 5.69 Å². The summed E-state index contributed by atoms with van der Waals surface area (Å²) in [7, 11) is 2.90. The van der Waals surface area contributed by atoms with Crippen molar-refractivity contribution in [2.75, 3.05) is 19.0 Å². The summed E-state index contributed by atoms with van der Waals surface area (Å²) in [6, 6.07) is 2.92. The molecule has 1 aromatic carbocycles. The van der Waals surface area contributed by atoms with Crippen LogP contribution >= 0.6 is 0 Å². The van der Waals surface area contributed by atoms with Gasteiger partial charge < -0.3 is 14.4 Å². The van der Waals surface area contributed by atoms with Crippen molar-refractivity contribution in [2.24, 2.45) is 0 Å². The number of alkyl halides is 5. The van der Waals surface area contributed by atoms with Crippen LogP contribution in [0, 0.1) is 0 Å². The molecule has 0 bridgehead atoms. The van der Waals surface area contributed by atoms with Crippen molar-refractivity contribution in [3.05, 3.63) is 18.2 Å². The predicted molar refractivity (Wildman–Crippen MR) is 54.1 cm³/mol. The van der Waals surface area contributed by atoms with Crippen LogP contribution in [-0.4, -0.2) is 27.1 Å². The second-order valence-corrected chi connectivity index (χ2v) is 3.45. The maximum absolute atomic E-state index is 12.1. The molecule has 102 valence electrons. The number of halogens is 5. The van der Waals surface area contributed by atoms with Gasteiger partial charge in [0.2, 0.25) is 0 Å². The fourth-order valence-electron chi connectivity index (χ4n) is 1.23. The molecule has 0 N–H and O–H groups in total. The fourth-order valence-corrected chi connectivity index (χ4v) is 1.23. The molecule has 1 rings (SSSR count). The van der Waals surface area contributed by atoms with Crippen LogP contribution in [0.3, 0.4) is 0 Å². The van der Waals surface area contributed by atoms with Crippen LogP contribution in [0.2, 0.25) is 0 Å². The van der Waals surface area contributed by atoms with E-state index in [1.165, 1.54) is 19.0 Å². The number of anilines is 1. The molecule has 0 aliphatic carbocycles. The molecule has 0 saturated carbocycles. The summed E-state index contributed by atoms with van der Waals surface area (Å²) in [4.78, 5) is 1.29. The SMILES string of the molecule is CN(C)c1cc(OC(F)F)ccc1OC(F)(F)F. The van der Waals surface area contributed by atoms with Crippen molar-refractivity contribution in [3.8, 4) is 11.5 Å². The number of benzene rings is 1. The summed E-state index contributed by atoms with van der Waals surface area (Å²) in [6.07, 6.45) is -4.85. The monoisotopic (exact) mass is 271 g/mol. The molecule has 0 aromatic heterocycles.